The number of ether oxygens (including phenoxy) is 1. The van der Waals surface area contributed by atoms with Crippen molar-refractivity contribution in [2.45, 2.75) is 6.54 Å². The van der Waals surface area contributed by atoms with E-state index in [-0.39, 0.29) is 5.91 Å². The van der Waals surface area contributed by atoms with Crippen molar-refractivity contribution in [2.75, 3.05) is 39.3 Å². The van der Waals surface area contributed by atoms with E-state index in [1.165, 1.54) is 5.56 Å². The van der Waals surface area contributed by atoms with Crippen LogP contribution < -0.4 is 4.74 Å². The molecule has 0 spiro atoms. The minimum atomic E-state index is 0.0597. The molecule has 1 fully saturated rings. The van der Waals surface area contributed by atoms with Gasteiger partial charge in [0.25, 0.3) is 5.91 Å². The van der Waals surface area contributed by atoms with Crippen LogP contribution in [0.2, 0.25) is 0 Å². The molecule has 2 heterocycles. The van der Waals surface area contributed by atoms with Gasteiger partial charge in [0.2, 0.25) is 0 Å². The van der Waals surface area contributed by atoms with E-state index in [0.717, 1.165) is 38.5 Å². The number of carbonyl (C=O) groups excluding carboxylic acids is 1. The van der Waals surface area contributed by atoms with Crippen LogP contribution in [0.5, 0.6) is 5.75 Å². The molecule has 1 aromatic heterocycles. The van der Waals surface area contributed by atoms with Gasteiger partial charge in [0.1, 0.15) is 12.4 Å². The van der Waals surface area contributed by atoms with Crippen molar-refractivity contribution in [1.82, 2.24) is 19.6 Å². The van der Waals surface area contributed by atoms with Crippen molar-refractivity contribution >= 4 is 5.91 Å². The predicted octanol–water partition coefficient (Wildman–Crippen LogP) is 2.77. The molecule has 0 N–H and O–H groups in total. The molecule has 0 aliphatic carbocycles. The van der Waals surface area contributed by atoms with E-state index in [1.54, 1.807) is 6.20 Å². The highest BCUT2D eigenvalue weighted by Gasteiger charge is 2.23. The Hall–Kier alpha value is -3.12. The Morgan fingerprint density at radius 2 is 1.62 bits per heavy atom. The third-order valence-electron chi connectivity index (χ3n) is 5.15. The summed E-state index contributed by atoms with van der Waals surface area (Å²) in [4.78, 5) is 17.1. The van der Waals surface area contributed by atoms with E-state index in [4.69, 9.17) is 4.74 Å². The second kappa shape index (κ2) is 9.39. The van der Waals surface area contributed by atoms with Gasteiger partial charge in [-0.25, -0.2) is 0 Å². The van der Waals surface area contributed by atoms with E-state index < -0.39 is 0 Å². The zero-order chi connectivity index (χ0) is 19.9. The SMILES string of the molecule is O=C(c1cnn(Cc2ccccc2)c1)N1CCN(CCOc2ccccc2)CC1. The molecular weight excluding hydrogens is 364 g/mol. The van der Waals surface area contributed by atoms with Gasteiger partial charge in [0.05, 0.1) is 18.3 Å². The van der Waals surface area contributed by atoms with Gasteiger partial charge in [-0.1, -0.05) is 48.5 Å². The number of amides is 1. The maximum Gasteiger partial charge on any atom is 0.257 e. The molecular formula is C23H26N4O2. The van der Waals surface area contributed by atoms with Crippen molar-refractivity contribution in [3.63, 3.8) is 0 Å². The summed E-state index contributed by atoms with van der Waals surface area (Å²) in [6.07, 6.45) is 3.51. The van der Waals surface area contributed by atoms with E-state index in [1.807, 2.05) is 64.3 Å². The van der Waals surface area contributed by atoms with Crippen molar-refractivity contribution in [2.24, 2.45) is 0 Å². The Kier molecular flexibility index (Phi) is 6.22. The van der Waals surface area contributed by atoms with Crippen LogP contribution in [0.3, 0.4) is 0 Å². The Morgan fingerprint density at radius 1 is 0.931 bits per heavy atom. The third-order valence-corrected chi connectivity index (χ3v) is 5.15. The lowest BCUT2D eigenvalue weighted by molar-refractivity contribution is 0.0620. The Labute approximate surface area is 171 Å². The minimum Gasteiger partial charge on any atom is -0.492 e. The number of rotatable bonds is 7. The predicted molar refractivity (Wildman–Crippen MR) is 112 cm³/mol. The molecule has 0 radical (unpaired) electrons. The lowest BCUT2D eigenvalue weighted by Gasteiger charge is -2.34. The second-order valence-corrected chi connectivity index (χ2v) is 7.21. The number of hydrogen-bond acceptors (Lipinski definition) is 4. The maximum atomic E-state index is 12.8. The van der Waals surface area contributed by atoms with Crippen molar-refractivity contribution in [3.8, 4) is 5.75 Å². The first-order chi connectivity index (χ1) is 14.3. The van der Waals surface area contributed by atoms with E-state index in [9.17, 15) is 4.79 Å². The standard InChI is InChI=1S/C23H26N4O2/c28-23(21-17-24-27(19-21)18-20-7-3-1-4-8-20)26-13-11-25(12-14-26)15-16-29-22-9-5-2-6-10-22/h1-10,17,19H,11-16,18H2. The Bertz CT molecular complexity index is 903. The Morgan fingerprint density at radius 3 is 2.34 bits per heavy atom. The summed E-state index contributed by atoms with van der Waals surface area (Å²) in [5.74, 6) is 0.957. The summed E-state index contributed by atoms with van der Waals surface area (Å²) in [7, 11) is 0. The van der Waals surface area contributed by atoms with Crippen LogP contribution in [0.15, 0.2) is 73.1 Å². The van der Waals surface area contributed by atoms with Gasteiger partial charge in [-0.05, 0) is 17.7 Å². The molecule has 4 rings (SSSR count). The van der Waals surface area contributed by atoms with Crippen LogP contribution in [0.4, 0.5) is 0 Å². The zero-order valence-corrected chi connectivity index (χ0v) is 16.5. The topological polar surface area (TPSA) is 50.6 Å². The number of carbonyl (C=O) groups is 1. The fourth-order valence-corrected chi connectivity index (χ4v) is 3.50. The van der Waals surface area contributed by atoms with Crippen molar-refractivity contribution in [3.05, 3.63) is 84.2 Å². The number of para-hydroxylation sites is 1. The molecule has 0 atom stereocenters. The minimum absolute atomic E-state index is 0.0597. The number of aromatic nitrogens is 2. The van der Waals surface area contributed by atoms with Gasteiger partial charge in [-0.15, -0.1) is 0 Å². The molecule has 0 unspecified atom stereocenters. The van der Waals surface area contributed by atoms with E-state index in [0.29, 0.717) is 18.7 Å². The highest BCUT2D eigenvalue weighted by atomic mass is 16.5. The fourth-order valence-electron chi connectivity index (χ4n) is 3.50. The molecule has 1 amide bonds. The molecule has 6 heteroatoms. The first-order valence-corrected chi connectivity index (χ1v) is 10.0. The molecule has 6 nitrogen and oxygen atoms in total. The van der Waals surface area contributed by atoms with Crippen LogP contribution in [0.1, 0.15) is 15.9 Å². The largest absolute Gasteiger partial charge is 0.492 e. The molecule has 3 aromatic rings. The highest BCUT2D eigenvalue weighted by molar-refractivity contribution is 5.93. The van der Waals surface area contributed by atoms with Crippen LogP contribution in [-0.2, 0) is 6.54 Å². The normalized spacial score (nSPS) is 14.7. The van der Waals surface area contributed by atoms with Gasteiger partial charge < -0.3 is 9.64 Å². The highest BCUT2D eigenvalue weighted by Crippen LogP contribution is 2.11. The number of nitrogens with zero attached hydrogens (tertiary/aromatic N) is 4. The van der Waals surface area contributed by atoms with Crippen molar-refractivity contribution in [1.29, 1.82) is 0 Å². The molecule has 1 aliphatic rings. The van der Waals surface area contributed by atoms with Gasteiger partial charge in [-0.2, -0.15) is 5.10 Å². The monoisotopic (exact) mass is 390 g/mol. The van der Waals surface area contributed by atoms with Gasteiger partial charge in [0.15, 0.2) is 0 Å². The summed E-state index contributed by atoms with van der Waals surface area (Å²) < 4.78 is 7.59. The molecule has 150 valence electrons. The third kappa shape index (κ3) is 5.23. The van der Waals surface area contributed by atoms with E-state index in [2.05, 4.69) is 22.1 Å². The summed E-state index contributed by atoms with van der Waals surface area (Å²) in [6.45, 7) is 5.38. The summed E-state index contributed by atoms with van der Waals surface area (Å²) >= 11 is 0. The van der Waals surface area contributed by atoms with Crippen molar-refractivity contribution < 1.29 is 9.53 Å². The van der Waals surface area contributed by atoms with Crippen LogP contribution in [0, 0.1) is 0 Å². The van der Waals surface area contributed by atoms with Gasteiger partial charge in [-0.3, -0.25) is 14.4 Å². The van der Waals surface area contributed by atoms with Crippen LogP contribution >= 0.6 is 0 Å². The fraction of sp³-hybridized carbons (Fsp3) is 0.304. The smallest absolute Gasteiger partial charge is 0.257 e. The molecule has 2 aromatic carbocycles. The molecule has 0 saturated carbocycles. The van der Waals surface area contributed by atoms with Gasteiger partial charge in [0, 0.05) is 38.9 Å². The first kappa shape index (κ1) is 19.2. The van der Waals surface area contributed by atoms with Crippen LogP contribution in [0.25, 0.3) is 0 Å². The van der Waals surface area contributed by atoms with Gasteiger partial charge >= 0.3 is 0 Å². The quantitative estimate of drug-likeness (QED) is 0.623. The molecule has 0 bridgehead atoms. The number of hydrogen-bond donors (Lipinski definition) is 0. The van der Waals surface area contributed by atoms with E-state index >= 15 is 0 Å². The Balaban J connectivity index is 1.23. The maximum absolute atomic E-state index is 12.8. The molecule has 1 saturated heterocycles. The van der Waals surface area contributed by atoms with Crippen LogP contribution in [-0.4, -0.2) is 64.8 Å². The molecule has 29 heavy (non-hydrogen) atoms. The molecule has 1 aliphatic heterocycles. The average molecular weight is 390 g/mol. The lowest BCUT2D eigenvalue weighted by Crippen LogP contribution is -2.49. The number of benzene rings is 2. The second-order valence-electron chi connectivity index (χ2n) is 7.21. The first-order valence-electron chi connectivity index (χ1n) is 10.0. The lowest BCUT2D eigenvalue weighted by atomic mass is 10.2. The summed E-state index contributed by atoms with van der Waals surface area (Å²) in [5, 5.41) is 4.35. The summed E-state index contributed by atoms with van der Waals surface area (Å²) in [5.41, 5.74) is 1.82. The number of piperazine rings is 1. The zero-order valence-electron chi connectivity index (χ0n) is 16.5. The average Bonchev–Trinajstić information content (AvgIpc) is 3.24. The summed E-state index contributed by atoms with van der Waals surface area (Å²) in [6, 6.07) is 20.0.